The van der Waals surface area contributed by atoms with Crippen molar-refractivity contribution in [3.8, 4) is 0 Å². The number of hydrogen-bond acceptors (Lipinski definition) is 1. The van der Waals surface area contributed by atoms with Crippen molar-refractivity contribution in [2.24, 2.45) is 0 Å². The number of aryl methyl sites for hydroxylation is 1. The van der Waals surface area contributed by atoms with Crippen molar-refractivity contribution in [1.29, 1.82) is 0 Å². The molecule has 0 unspecified atom stereocenters. The van der Waals surface area contributed by atoms with E-state index in [0.717, 1.165) is 12.0 Å². The van der Waals surface area contributed by atoms with Crippen LogP contribution in [0.2, 0.25) is 0 Å². The van der Waals surface area contributed by atoms with Gasteiger partial charge >= 0.3 is 0 Å². The predicted molar refractivity (Wildman–Crippen MR) is 59.3 cm³/mol. The molecule has 74 valence electrons. The molecule has 0 N–H and O–H groups in total. The number of carbonyl (C=O) groups is 1. The monoisotopic (exact) mass is 188 g/mol. The molecule has 0 saturated carbocycles. The van der Waals surface area contributed by atoms with E-state index in [1.54, 1.807) is 6.08 Å². The van der Waals surface area contributed by atoms with E-state index in [4.69, 9.17) is 0 Å². The molecule has 0 amide bonds. The predicted octanol–water partition coefficient (Wildman–Crippen LogP) is 3.07. The molecule has 0 fully saturated rings. The largest absolute Gasteiger partial charge is 0.299 e. The number of rotatable bonds is 5. The molecule has 0 radical (unpaired) electrons. The highest BCUT2D eigenvalue weighted by Gasteiger charge is 2.01. The average Bonchev–Trinajstić information content (AvgIpc) is 2.18. The van der Waals surface area contributed by atoms with Gasteiger partial charge in [-0.15, -0.1) is 6.58 Å². The molecule has 1 aromatic rings. The summed E-state index contributed by atoms with van der Waals surface area (Å²) in [5, 5.41) is 0. The maximum atomic E-state index is 11.4. The molecule has 0 aliphatic heterocycles. The van der Waals surface area contributed by atoms with Gasteiger partial charge in [-0.1, -0.05) is 35.9 Å². The van der Waals surface area contributed by atoms with E-state index in [-0.39, 0.29) is 5.78 Å². The number of carbonyl (C=O) groups excluding carboxylic acids is 1. The molecule has 1 aromatic carbocycles. The van der Waals surface area contributed by atoms with Gasteiger partial charge in [-0.3, -0.25) is 4.79 Å². The molecule has 0 saturated heterocycles. The first-order valence-electron chi connectivity index (χ1n) is 4.90. The molecule has 0 aliphatic rings. The highest BCUT2D eigenvalue weighted by Crippen LogP contribution is 2.06. The number of ketones is 1. The first-order chi connectivity index (χ1) is 6.72. The summed E-state index contributed by atoms with van der Waals surface area (Å²) < 4.78 is 0. The minimum absolute atomic E-state index is 0.286. The molecule has 14 heavy (non-hydrogen) atoms. The van der Waals surface area contributed by atoms with Gasteiger partial charge in [0.2, 0.25) is 0 Å². The van der Waals surface area contributed by atoms with Crippen LogP contribution in [0.5, 0.6) is 0 Å². The smallest absolute Gasteiger partial charge is 0.137 e. The van der Waals surface area contributed by atoms with Crippen LogP contribution in [0.1, 0.15) is 24.0 Å². The van der Waals surface area contributed by atoms with E-state index in [0.29, 0.717) is 12.8 Å². The van der Waals surface area contributed by atoms with Crippen molar-refractivity contribution in [3.05, 3.63) is 48.0 Å². The quantitative estimate of drug-likeness (QED) is 0.649. The van der Waals surface area contributed by atoms with E-state index in [9.17, 15) is 4.79 Å². The Hall–Kier alpha value is -1.37. The summed E-state index contributed by atoms with van der Waals surface area (Å²) >= 11 is 0. The van der Waals surface area contributed by atoms with Crippen LogP contribution in [0.15, 0.2) is 36.9 Å². The molecular formula is C13H16O. The Bertz CT molecular complexity index is 309. The lowest BCUT2D eigenvalue weighted by Gasteiger charge is -2.00. The second kappa shape index (κ2) is 5.38. The number of allylic oxidation sites excluding steroid dienone is 1. The molecule has 0 spiro atoms. The van der Waals surface area contributed by atoms with E-state index < -0.39 is 0 Å². The van der Waals surface area contributed by atoms with Gasteiger partial charge in [-0.2, -0.15) is 0 Å². The summed E-state index contributed by atoms with van der Waals surface area (Å²) in [6, 6.07) is 8.11. The standard InChI is InChI=1S/C13H16O/c1-3-4-5-13(14)10-12-8-6-11(2)7-9-12/h3,6-9H,1,4-5,10H2,2H3. The van der Waals surface area contributed by atoms with Gasteiger partial charge in [0.05, 0.1) is 0 Å². The molecule has 0 bridgehead atoms. The van der Waals surface area contributed by atoms with Crippen molar-refractivity contribution < 1.29 is 4.79 Å². The third kappa shape index (κ3) is 3.56. The maximum Gasteiger partial charge on any atom is 0.137 e. The van der Waals surface area contributed by atoms with Crippen molar-refractivity contribution in [2.75, 3.05) is 0 Å². The Morgan fingerprint density at radius 1 is 1.36 bits per heavy atom. The van der Waals surface area contributed by atoms with Crippen LogP contribution in [0, 0.1) is 6.92 Å². The van der Waals surface area contributed by atoms with Crippen LogP contribution in [-0.4, -0.2) is 5.78 Å². The van der Waals surface area contributed by atoms with Crippen LogP contribution in [-0.2, 0) is 11.2 Å². The molecule has 1 rings (SSSR count). The lowest BCUT2D eigenvalue weighted by molar-refractivity contribution is -0.118. The van der Waals surface area contributed by atoms with Gasteiger partial charge in [0.1, 0.15) is 5.78 Å². The Morgan fingerprint density at radius 3 is 2.57 bits per heavy atom. The van der Waals surface area contributed by atoms with Gasteiger partial charge in [-0.05, 0) is 18.9 Å². The summed E-state index contributed by atoms with van der Waals surface area (Å²) in [5.74, 6) is 0.286. The summed E-state index contributed by atoms with van der Waals surface area (Å²) in [7, 11) is 0. The molecule has 0 heterocycles. The fourth-order valence-corrected chi connectivity index (χ4v) is 1.29. The van der Waals surface area contributed by atoms with Crippen LogP contribution >= 0.6 is 0 Å². The second-order valence-electron chi connectivity index (χ2n) is 3.53. The lowest BCUT2D eigenvalue weighted by Crippen LogP contribution is -2.01. The molecule has 1 heteroatoms. The molecule has 0 aliphatic carbocycles. The van der Waals surface area contributed by atoms with Crippen molar-refractivity contribution >= 4 is 5.78 Å². The topological polar surface area (TPSA) is 17.1 Å². The van der Waals surface area contributed by atoms with E-state index in [1.807, 2.05) is 31.2 Å². The highest BCUT2D eigenvalue weighted by molar-refractivity contribution is 5.80. The normalized spacial score (nSPS) is 9.79. The fourth-order valence-electron chi connectivity index (χ4n) is 1.29. The summed E-state index contributed by atoms with van der Waals surface area (Å²) in [6.45, 7) is 5.64. The zero-order valence-corrected chi connectivity index (χ0v) is 8.62. The van der Waals surface area contributed by atoms with Crippen LogP contribution in [0.25, 0.3) is 0 Å². The lowest BCUT2D eigenvalue weighted by atomic mass is 10.0. The molecule has 1 nitrogen and oxygen atoms in total. The molecular weight excluding hydrogens is 172 g/mol. The second-order valence-corrected chi connectivity index (χ2v) is 3.53. The third-order valence-corrected chi connectivity index (χ3v) is 2.15. The minimum atomic E-state index is 0.286. The zero-order valence-electron chi connectivity index (χ0n) is 8.62. The van der Waals surface area contributed by atoms with Crippen molar-refractivity contribution in [2.45, 2.75) is 26.2 Å². The first-order valence-corrected chi connectivity index (χ1v) is 4.90. The first kappa shape index (κ1) is 10.7. The Balaban J connectivity index is 2.47. The minimum Gasteiger partial charge on any atom is -0.299 e. The van der Waals surface area contributed by atoms with E-state index in [1.165, 1.54) is 5.56 Å². The zero-order chi connectivity index (χ0) is 10.4. The fraction of sp³-hybridized carbons (Fsp3) is 0.308. The van der Waals surface area contributed by atoms with Gasteiger partial charge in [0.25, 0.3) is 0 Å². The van der Waals surface area contributed by atoms with E-state index in [2.05, 4.69) is 6.58 Å². The van der Waals surface area contributed by atoms with E-state index >= 15 is 0 Å². The van der Waals surface area contributed by atoms with Gasteiger partial charge in [0.15, 0.2) is 0 Å². The summed E-state index contributed by atoms with van der Waals surface area (Å²) in [4.78, 5) is 11.4. The van der Waals surface area contributed by atoms with Gasteiger partial charge in [0, 0.05) is 12.8 Å². The highest BCUT2D eigenvalue weighted by atomic mass is 16.1. The Labute approximate surface area is 85.5 Å². The number of hydrogen-bond donors (Lipinski definition) is 0. The van der Waals surface area contributed by atoms with Crippen molar-refractivity contribution in [3.63, 3.8) is 0 Å². The third-order valence-electron chi connectivity index (χ3n) is 2.15. The Morgan fingerprint density at radius 2 is 2.00 bits per heavy atom. The van der Waals surface area contributed by atoms with Gasteiger partial charge in [-0.25, -0.2) is 0 Å². The SMILES string of the molecule is C=CCCC(=O)Cc1ccc(C)cc1. The maximum absolute atomic E-state index is 11.4. The van der Waals surface area contributed by atoms with Crippen LogP contribution in [0.3, 0.4) is 0 Å². The summed E-state index contributed by atoms with van der Waals surface area (Å²) in [6.07, 6.45) is 3.73. The summed E-state index contributed by atoms with van der Waals surface area (Å²) in [5.41, 5.74) is 2.33. The average molecular weight is 188 g/mol. The number of Topliss-reactive ketones (excluding diaryl/α,β-unsaturated/α-hetero) is 1. The Kier molecular flexibility index (Phi) is 4.11. The van der Waals surface area contributed by atoms with Gasteiger partial charge < -0.3 is 0 Å². The molecule has 0 atom stereocenters. The van der Waals surface area contributed by atoms with Crippen LogP contribution in [0.4, 0.5) is 0 Å². The molecule has 0 aromatic heterocycles. The van der Waals surface area contributed by atoms with Crippen LogP contribution < -0.4 is 0 Å². The number of benzene rings is 1. The van der Waals surface area contributed by atoms with Crippen molar-refractivity contribution in [1.82, 2.24) is 0 Å².